The summed E-state index contributed by atoms with van der Waals surface area (Å²) in [7, 11) is 0. The topological polar surface area (TPSA) is 61.9 Å². The van der Waals surface area contributed by atoms with Crippen LogP contribution in [-0.2, 0) is 4.79 Å². The van der Waals surface area contributed by atoms with Crippen molar-refractivity contribution in [2.24, 2.45) is 0 Å². The van der Waals surface area contributed by atoms with Gasteiger partial charge in [-0.2, -0.15) is 0 Å². The zero-order valence-corrected chi connectivity index (χ0v) is 18.8. The summed E-state index contributed by atoms with van der Waals surface area (Å²) in [5.74, 6) is 0.510. The third-order valence-corrected chi connectivity index (χ3v) is 6.08. The molecule has 1 N–H and O–H groups in total. The number of carbonyl (C=O) groups is 2. The Hall–Kier alpha value is -2.86. The van der Waals surface area contributed by atoms with Gasteiger partial charge in [0.2, 0.25) is 5.91 Å². The van der Waals surface area contributed by atoms with Gasteiger partial charge in [-0.05, 0) is 69.3 Å². The molecule has 2 aromatic carbocycles. The van der Waals surface area contributed by atoms with Crippen molar-refractivity contribution in [2.75, 3.05) is 38.1 Å². The van der Waals surface area contributed by atoms with Gasteiger partial charge in [-0.1, -0.05) is 32.0 Å². The van der Waals surface area contributed by atoms with Crippen LogP contribution in [0, 0.1) is 0 Å². The summed E-state index contributed by atoms with van der Waals surface area (Å²) in [5, 5.41) is 2.98. The lowest BCUT2D eigenvalue weighted by molar-refractivity contribution is -0.124. The van der Waals surface area contributed by atoms with E-state index < -0.39 is 5.54 Å². The molecule has 0 aliphatic carbocycles. The lowest BCUT2D eigenvalue weighted by atomic mass is 9.96. The predicted molar refractivity (Wildman–Crippen MR) is 123 cm³/mol. The number of rotatable bonds is 9. The molecule has 1 heterocycles. The van der Waals surface area contributed by atoms with Crippen molar-refractivity contribution in [3.63, 3.8) is 0 Å². The molecular weight excluding hydrogens is 390 g/mol. The van der Waals surface area contributed by atoms with E-state index >= 15 is 0 Å². The minimum Gasteiger partial charge on any atom is -0.492 e. The standard InChI is InChI=1S/C25H33N3O3/c1-4-27(5-2)18-19-31-22-14-12-21(13-15-22)26-24(30)25(3)16-9-17-28(25)23(29)20-10-7-6-8-11-20/h6-8,10-15H,4-5,9,16-19H2,1-3H3,(H,26,30). The number of likely N-dealkylation sites (N-methyl/N-ethyl adjacent to an activating group) is 1. The molecule has 6 nitrogen and oxygen atoms in total. The van der Waals surface area contributed by atoms with Crippen LogP contribution >= 0.6 is 0 Å². The summed E-state index contributed by atoms with van der Waals surface area (Å²) in [6.45, 7) is 10.2. The summed E-state index contributed by atoms with van der Waals surface area (Å²) >= 11 is 0. The zero-order chi connectivity index (χ0) is 22.3. The highest BCUT2D eigenvalue weighted by Gasteiger charge is 2.45. The fourth-order valence-electron chi connectivity index (χ4n) is 3.99. The summed E-state index contributed by atoms with van der Waals surface area (Å²) in [6.07, 6.45) is 1.45. The third-order valence-electron chi connectivity index (χ3n) is 6.08. The molecule has 0 radical (unpaired) electrons. The predicted octanol–water partition coefficient (Wildman–Crippen LogP) is 4.04. The van der Waals surface area contributed by atoms with Gasteiger partial charge < -0.3 is 19.9 Å². The first-order valence-electron chi connectivity index (χ1n) is 11.1. The molecule has 1 fully saturated rings. The number of anilines is 1. The Morgan fingerprint density at radius 3 is 2.39 bits per heavy atom. The number of nitrogens with zero attached hydrogens (tertiary/aromatic N) is 2. The molecule has 0 bridgehead atoms. The highest BCUT2D eigenvalue weighted by Crippen LogP contribution is 2.32. The van der Waals surface area contributed by atoms with Crippen LogP contribution in [0.25, 0.3) is 0 Å². The molecule has 2 aromatic rings. The van der Waals surface area contributed by atoms with E-state index in [0.29, 0.717) is 30.8 Å². The molecule has 0 spiro atoms. The van der Waals surface area contributed by atoms with Gasteiger partial charge in [-0.25, -0.2) is 0 Å². The molecule has 1 atom stereocenters. The maximum absolute atomic E-state index is 13.1. The Labute approximate surface area is 185 Å². The van der Waals surface area contributed by atoms with Crippen LogP contribution in [0.1, 0.15) is 44.0 Å². The number of hydrogen-bond donors (Lipinski definition) is 1. The Morgan fingerprint density at radius 2 is 1.74 bits per heavy atom. The lowest BCUT2D eigenvalue weighted by Crippen LogP contribution is -2.53. The van der Waals surface area contributed by atoms with Crippen molar-refractivity contribution in [1.29, 1.82) is 0 Å². The number of benzene rings is 2. The van der Waals surface area contributed by atoms with Crippen molar-refractivity contribution in [3.8, 4) is 5.75 Å². The summed E-state index contributed by atoms with van der Waals surface area (Å²) < 4.78 is 5.81. The van der Waals surface area contributed by atoms with Crippen molar-refractivity contribution < 1.29 is 14.3 Å². The first-order chi connectivity index (χ1) is 15.0. The number of carbonyl (C=O) groups excluding carboxylic acids is 2. The molecule has 0 saturated carbocycles. The minimum absolute atomic E-state index is 0.104. The maximum Gasteiger partial charge on any atom is 0.254 e. The van der Waals surface area contributed by atoms with E-state index in [-0.39, 0.29) is 11.8 Å². The summed E-state index contributed by atoms with van der Waals surface area (Å²) in [4.78, 5) is 30.1. The molecule has 6 heteroatoms. The molecule has 2 amide bonds. The Morgan fingerprint density at radius 1 is 1.06 bits per heavy atom. The van der Waals surface area contributed by atoms with Gasteiger partial charge in [0, 0.05) is 24.3 Å². The fraction of sp³-hybridized carbons (Fsp3) is 0.440. The lowest BCUT2D eigenvalue weighted by Gasteiger charge is -2.34. The molecule has 1 aliphatic rings. The minimum atomic E-state index is -0.869. The fourth-order valence-corrected chi connectivity index (χ4v) is 3.99. The number of ether oxygens (including phenoxy) is 1. The average Bonchev–Trinajstić information content (AvgIpc) is 3.20. The number of amides is 2. The van der Waals surface area contributed by atoms with Crippen molar-refractivity contribution >= 4 is 17.5 Å². The monoisotopic (exact) mass is 423 g/mol. The van der Waals surface area contributed by atoms with Crippen LogP contribution in [0.3, 0.4) is 0 Å². The van der Waals surface area contributed by atoms with Crippen molar-refractivity contribution in [3.05, 3.63) is 60.2 Å². The van der Waals surface area contributed by atoms with Gasteiger partial charge in [0.15, 0.2) is 0 Å². The second kappa shape index (κ2) is 10.4. The molecule has 1 unspecified atom stereocenters. The van der Waals surface area contributed by atoms with E-state index in [1.807, 2.05) is 49.4 Å². The van der Waals surface area contributed by atoms with Crippen molar-refractivity contribution in [2.45, 2.75) is 39.2 Å². The third kappa shape index (κ3) is 5.44. The van der Waals surface area contributed by atoms with Crippen LogP contribution in [0.15, 0.2) is 54.6 Å². The van der Waals surface area contributed by atoms with Crippen molar-refractivity contribution in [1.82, 2.24) is 9.80 Å². The summed E-state index contributed by atoms with van der Waals surface area (Å²) in [5.41, 5.74) is 0.433. The molecule has 3 rings (SSSR count). The van der Waals surface area contributed by atoms with Gasteiger partial charge in [0.25, 0.3) is 5.91 Å². The second-order valence-electron chi connectivity index (χ2n) is 8.05. The quantitative estimate of drug-likeness (QED) is 0.661. The van der Waals surface area contributed by atoms with Gasteiger partial charge in [0.1, 0.15) is 17.9 Å². The van der Waals surface area contributed by atoms with Crippen LogP contribution < -0.4 is 10.1 Å². The highest BCUT2D eigenvalue weighted by molar-refractivity contribution is 6.03. The van der Waals surface area contributed by atoms with E-state index in [0.717, 1.165) is 31.8 Å². The molecular formula is C25H33N3O3. The van der Waals surface area contributed by atoms with E-state index in [1.54, 1.807) is 17.0 Å². The Bertz CT molecular complexity index is 865. The molecule has 31 heavy (non-hydrogen) atoms. The Kier molecular flexibility index (Phi) is 7.69. The molecule has 1 aliphatic heterocycles. The zero-order valence-electron chi connectivity index (χ0n) is 18.8. The van der Waals surface area contributed by atoms with E-state index in [2.05, 4.69) is 24.1 Å². The van der Waals surface area contributed by atoms with E-state index in [4.69, 9.17) is 4.74 Å². The van der Waals surface area contributed by atoms with E-state index in [9.17, 15) is 9.59 Å². The van der Waals surface area contributed by atoms with Gasteiger partial charge in [0.05, 0.1) is 0 Å². The SMILES string of the molecule is CCN(CC)CCOc1ccc(NC(=O)C2(C)CCCN2C(=O)c2ccccc2)cc1. The normalized spacial score (nSPS) is 18.3. The molecule has 1 saturated heterocycles. The number of likely N-dealkylation sites (tertiary alicyclic amines) is 1. The van der Waals surface area contributed by atoms with Crippen LogP contribution in [0.5, 0.6) is 5.75 Å². The second-order valence-corrected chi connectivity index (χ2v) is 8.05. The molecule has 0 aromatic heterocycles. The first kappa shape index (κ1) is 22.8. The summed E-state index contributed by atoms with van der Waals surface area (Å²) in [6, 6.07) is 16.5. The average molecular weight is 424 g/mol. The van der Waals surface area contributed by atoms with Crippen LogP contribution in [-0.4, -0.2) is 59.9 Å². The first-order valence-corrected chi connectivity index (χ1v) is 11.1. The number of nitrogens with one attached hydrogen (secondary N) is 1. The van der Waals surface area contributed by atoms with E-state index in [1.165, 1.54) is 0 Å². The smallest absolute Gasteiger partial charge is 0.254 e. The number of hydrogen-bond acceptors (Lipinski definition) is 4. The largest absolute Gasteiger partial charge is 0.492 e. The van der Waals surface area contributed by atoms with Gasteiger partial charge in [-0.15, -0.1) is 0 Å². The van der Waals surface area contributed by atoms with Crippen LogP contribution in [0.2, 0.25) is 0 Å². The van der Waals surface area contributed by atoms with Gasteiger partial charge >= 0.3 is 0 Å². The van der Waals surface area contributed by atoms with Gasteiger partial charge in [-0.3, -0.25) is 9.59 Å². The van der Waals surface area contributed by atoms with Crippen LogP contribution in [0.4, 0.5) is 5.69 Å². The Balaban J connectivity index is 1.60. The maximum atomic E-state index is 13.1. The molecule has 166 valence electrons. The highest BCUT2D eigenvalue weighted by atomic mass is 16.5.